The van der Waals surface area contributed by atoms with Gasteiger partial charge in [0.15, 0.2) is 11.6 Å². The maximum Gasteiger partial charge on any atom is 0.320 e. The predicted molar refractivity (Wildman–Crippen MR) is 111 cm³/mol. The Morgan fingerprint density at radius 3 is 2.53 bits per heavy atom. The second-order valence-corrected chi connectivity index (χ2v) is 6.99. The van der Waals surface area contributed by atoms with Gasteiger partial charge < -0.3 is 24.9 Å². The zero-order valence-corrected chi connectivity index (χ0v) is 17.0. The molecular weight excluding hydrogens is 424 g/mol. The smallest absolute Gasteiger partial charge is 0.320 e. The Hall–Kier alpha value is -4.09. The first-order chi connectivity index (χ1) is 15.4. The van der Waals surface area contributed by atoms with Gasteiger partial charge in [0.1, 0.15) is 5.82 Å². The molecule has 4 rings (SSSR count). The van der Waals surface area contributed by atoms with Crippen LogP contribution in [-0.4, -0.2) is 58.1 Å². The van der Waals surface area contributed by atoms with Crippen LogP contribution in [0.3, 0.4) is 0 Å². The topological polar surface area (TPSA) is 116 Å². The second kappa shape index (κ2) is 8.96. The Bertz CT molecular complexity index is 1130. The van der Waals surface area contributed by atoms with Crippen LogP contribution in [0, 0.1) is 11.6 Å². The average Bonchev–Trinajstić information content (AvgIpc) is 3.26. The van der Waals surface area contributed by atoms with E-state index in [1.54, 1.807) is 24.0 Å². The molecular formula is C20H19F2N7O3. The summed E-state index contributed by atoms with van der Waals surface area (Å²) in [6.45, 7) is 4.14. The fourth-order valence-electron chi connectivity index (χ4n) is 3.16. The molecule has 1 saturated heterocycles. The van der Waals surface area contributed by atoms with Crippen LogP contribution < -0.4 is 15.5 Å². The van der Waals surface area contributed by atoms with Crippen molar-refractivity contribution in [2.45, 2.75) is 6.92 Å². The van der Waals surface area contributed by atoms with E-state index < -0.39 is 17.5 Å². The fraction of sp³-hybridized carbons (Fsp3) is 0.250. The predicted octanol–water partition coefficient (Wildman–Crippen LogP) is 2.41. The van der Waals surface area contributed by atoms with E-state index in [4.69, 9.17) is 4.42 Å². The van der Waals surface area contributed by atoms with Crippen molar-refractivity contribution in [3.8, 4) is 0 Å². The van der Waals surface area contributed by atoms with Gasteiger partial charge >= 0.3 is 17.8 Å². The van der Waals surface area contributed by atoms with Crippen LogP contribution in [0.5, 0.6) is 0 Å². The van der Waals surface area contributed by atoms with Gasteiger partial charge in [-0.25, -0.2) is 13.8 Å². The van der Waals surface area contributed by atoms with E-state index in [0.29, 0.717) is 31.9 Å². The van der Waals surface area contributed by atoms with E-state index in [2.05, 4.69) is 25.8 Å². The van der Waals surface area contributed by atoms with Gasteiger partial charge in [0.05, 0.1) is 17.6 Å². The van der Waals surface area contributed by atoms with Crippen molar-refractivity contribution < 1.29 is 22.8 Å². The van der Waals surface area contributed by atoms with Crippen LogP contribution in [0.2, 0.25) is 0 Å². The van der Waals surface area contributed by atoms with Gasteiger partial charge in [0, 0.05) is 33.1 Å². The summed E-state index contributed by atoms with van der Waals surface area (Å²) in [6, 6.07) is 6.73. The summed E-state index contributed by atoms with van der Waals surface area (Å²) in [5.41, 5.74) is 0.203. The molecule has 1 fully saturated rings. The molecule has 12 heteroatoms. The molecule has 10 nitrogen and oxygen atoms in total. The quantitative estimate of drug-likeness (QED) is 0.618. The number of benzene rings is 1. The molecule has 0 spiro atoms. The monoisotopic (exact) mass is 443 g/mol. The molecule has 2 amide bonds. The lowest BCUT2D eigenvalue weighted by molar-refractivity contribution is -0.129. The molecule has 3 heterocycles. The van der Waals surface area contributed by atoms with Gasteiger partial charge in [-0.15, -0.1) is 5.10 Å². The first kappa shape index (κ1) is 21.2. The van der Waals surface area contributed by atoms with E-state index in [1.165, 1.54) is 18.3 Å². The van der Waals surface area contributed by atoms with Crippen LogP contribution in [0.25, 0.3) is 0 Å². The van der Waals surface area contributed by atoms with Crippen molar-refractivity contribution in [2.24, 2.45) is 0 Å². The third-order valence-corrected chi connectivity index (χ3v) is 4.87. The molecule has 166 valence electrons. The van der Waals surface area contributed by atoms with E-state index in [9.17, 15) is 18.4 Å². The molecule has 3 aromatic rings. The van der Waals surface area contributed by atoms with Gasteiger partial charge in [0.25, 0.3) is 0 Å². The third-order valence-electron chi connectivity index (χ3n) is 4.87. The average molecular weight is 443 g/mol. The SMILES string of the molecule is CC(=O)N1CCN(c2ccc(NC(=O)c3nnc(Nc4cccc(F)c4F)o3)cn2)CC1. The molecule has 0 unspecified atom stereocenters. The Kier molecular flexibility index (Phi) is 5.92. The van der Waals surface area contributed by atoms with Crippen molar-refractivity contribution in [1.29, 1.82) is 0 Å². The number of carbonyl (C=O) groups excluding carboxylic acids is 2. The number of amides is 2. The molecule has 0 aliphatic carbocycles. The summed E-state index contributed by atoms with van der Waals surface area (Å²) in [5.74, 6) is -2.41. The molecule has 2 N–H and O–H groups in total. The minimum absolute atomic E-state index is 0.0520. The highest BCUT2D eigenvalue weighted by atomic mass is 19.2. The lowest BCUT2D eigenvalue weighted by Gasteiger charge is -2.34. The maximum absolute atomic E-state index is 13.7. The van der Waals surface area contributed by atoms with Gasteiger partial charge in [-0.2, -0.15) is 0 Å². The number of anilines is 4. The highest BCUT2D eigenvalue weighted by Crippen LogP contribution is 2.21. The number of piperazine rings is 1. The van der Waals surface area contributed by atoms with Crippen LogP contribution in [-0.2, 0) is 4.79 Å². The molecule has 2 aromatic heterocycles. The molecule has 0 saturated carbocycles. The van der Waals surface area contributed by atoms with Crippen molar-refractivity contribution >= 4 is 35.0 Å². The number of hydrogen-bond acceptors (Lipinski definition) is 8. The third kappa shape index (κ3) is 4.63. The first-order valence-corrected chi connectivity index (χ1v) is 9.73. The molecule has 1 aliphatic rings. The number of nitrogens with one attached hydrogen (secondary N) is 2. The standard InChI is InChI=1S/C20H19F2N7O3/c1-12(30)28-7-9-29(10-8-28)16-6-5-13(11-23-16)24-18(31)19-26-27-20(32-19)25-15-4-2-3-14(21)17(15)22/h2-6,11H,7-10H2,1H3,(H,24,31)(H,25,27). The summed E-state index contributed by atoms with van der Waals surface area (Å²) in [5, 5.41) is 12.2. The zero-order chi connectivity index (χ0) is 22.7. The summed E-state index contributed by atoms with van der Waals surface area (Å²) < 4.78 is 32.2. The van der Waals surface area contributed by atoms with E-state index >= 15 is 0 Å². The Labute approximate surface area is 181 Å². The molecule has 1 aliphatic heterocycles. The summed E-state index contributed by atoms with van der Waals surface area (Å²) in [7, 11) is 0. The van der Waals surface area contributed by atoms with Crippen LogP contribution in [0.4, 0.5) is 32.0 Å². The van der Waals surface area contributed by atoms with Crippen molar-refractivity contribution in [3.05, 3.63) is 54.1 Å². The molecule has 0 bridgehead atoms. The molecule has 1 aromatic carbocycles. The van der Waals surface area contributed by atoms with E-state index in [1.807, 2.05) is 4.90 Å². The lowest BCUT2D eigenvalue weighted by atomic mass is 10.3. The van der Waals surface area contributed by atoms with E-state index in [-0.39, 0.29) is 23.5 Å². The van der Waals surface area contributed by atoms with Crippen molar-refractivity contribution in [1.82, 2.24) is 20.1 Å². The van der Waals surface area contributed by atoms with Crippen LogP contribution in [0.1, 0.15) is 17.6 Å². The van der Waals surface area contributed by atoms with E-state index in [0.717, 1.165) is 11.9 Å². The van der Waals surface area contributed by atoms with Crippen LogP contribution in [0.15, 0.2) is 40.9 Å². The van der Waals surface area contributed by atoms with Gasteiger partial charge in [-0.3, -0.25) is 9.59 Å². The number of pyridine rings is 1. The first-order valence-electron chi connectivity index (χ1n) is 9.73. The minimum atomic E-state index is -1.11. The number of aromatic nitrogens is 3. The molecule has 32 heavy (non-hydrogen) atoms. The number of rotatable bonds is 5. The number of halogens is 2. The van der Waals surface area contributed by atoms with Gasteiger partial charge in [-0.1, -0.05) is 11.2 Å². The largest absolute Gasteiger partial charge is 0.399 e. The maximum atomic E-state index is 13.7. The summed E-state index contributed by atoms with van der Waals surface area (Å²) in [6.07, 6.45) is 1.49. The zero-order valence-electron chi connectivity index (χ0n) is 17.0. The highest BCUT2D eigenvalue weighted by molar-refractivity contribution is 6.00. The summed E-state index contributed by atoms with van der Waals surface area (Å²) >= 11 is 0. The number of carbonyl (C=O) groups is 2. The minimum Gasteiger partial charge on any atom is -0.399 e. The van der Waals surface area contributed by atoms with Crippen molar-refractivity contribution in [3.63, 3.8) is 0 Å². The van der Waals surface area contributed by atoms with Crippen LogP contribution >= 0.6 is 0 Å². The molecule has 0 radical (unpaired) electrons. The lowest BCUT2D eigenvalue weighted by Crippen LogP contribution is -2.48. The highest BCUT2D eigenvalue weighted by Gasteiger charge is 2.20. The normalized spacial score (nSPS) is 13.7. The Morgan fingerprint density at radius 2 is 1.84 bits per heavy atom. The molecule has 0 atom stereocenters. The Balaban J connectivity index is 1.35. The number of nitrogens with zero attached hydrogens (tertiary/aromatic N) is 5. The Morgan fingerprint density at radius 1 is 1.06 bits per heavy atom. The summed E-state index contributed by atoms with van der Waals surface area (Å²) in [4.78, 5) is 31.9. The van der Waals surface area contributed by atoms with Gasteiger partial charge in [0.2, 0.25) is 5.91 Å². The fourth-order valence-corrected chi connectivity index (χ4v) is 3.16. The second-order valence-electron chi connectivity index (χ2n) is 6.99. The van der Waals surface area contributed by atoms with Gasteiger partial charge in [-0.05, 0) is 24.3 Å². The van der Waals surface area contributed by atoms with Crippen molar-refractivity contribution in [2.75, 3.05) is 41.7 Å². The number of hydrogen-bond donors (Lipinski definition) is 2.